The Morgan fingerprint density at radius 2 is 1.72 bits per heavy atom. The van der Waals surface area contributed by atoms with Gasteiger partial charge in [0.05, 0.1) is 11.0 Å². The molecule has 0 aliphatic heterocycles. The van der Waals surface area contributed by atoms with Gasteiger partial charge in [0.1, 0.15) is 11.5 Å². The first kappa shape index (κ1) is 22.2. The fourth-order valence-corrected chi connectivity index (χ4v) is 5.15. The Bertz CT molecular complexity index is 1050. The Kier molecular flexibility index (Phi) is 6.44. The lowest BCUT2D eigenvalue weighted by atomic mass is 9.61. The molecule has 1 aliphatic rings. The minimum atomic E-state index is -1.05. The molecular weight excluding hydrogens is 402 g/mol. The monoisotopic (exact) mass is 433 g/mol. The molecule has 2 atom stereocenters. The molecule has 4 N–H and O–H groups in total. The largest absolute Gasteiger partial charge is 0.477 e. The maximum Gasteiger partial charge on any atom is 0.354 e. The second-order valence-electron chi connectivity index (χ2n) is 8.74. The molecule has 6 heteroatoms. The van der Waals surface area contributed by atoms with Crippen molar-refractivity contribution in [2.75, 3.05) is 6.54 Å². The zero-order valence-corrected chi connectivity index (χ0v) is 18.5. The van der Waals surface area contributed by atoms with E-state index in [2.05, 4.69) is 29.4 Å². The fourth-order valence-electron chi connectivity index (χ4n) is 5.15. The van der Waals surface area contributed by atoms with Crippen molar-refractivity contribution in [3.8, 4) is 11.3 Å². The molecule has 1 heterocycles. The van der Waals surface area contributed by atoms with Crippen molar-refractivity contribution < 1.29 is 15.0 Å². The van der Waals surface area contributed by atoms with Crippen LogP contribution in [0.25, 0.3) is 11.3 Å². The van der Waals surface area contributed by atoms with Gasteiger partial charge < -0.3 is 20.5 Å². The quantitative estimate of drug-likeness (QED) is 0.419. The lowest BCUT2D eigenvalue weighted by molar-refractivity contribution is -0.0746. The van der Waals surface area contributed by atoms with Gasteiger partial charge in [0.25, 0.3) is 0 Å². The molecule has 1 fully saturated rings. The number of hydrogen-bond acceptors (Lipinski definition) is 4. The van der Waals surface area contributed by atoms with Gasteiger partial charge in [0.15, 0.2) is 5.69 Å². The Morgan fingerprint density at radius 1 is 1.06 bits per heavy atom. The number of aliphatic hydroxyl groups is 1. The molecule has 4 rings (SSSR count). The van der Waals surface area contributed by atoms with Crippen LogP contribution >= 0.6 is 0 Å². The van der Waals surface area contributed by atoms with E-state index in [1.165, 1.54) is 0 Å². The molecule has 0 radical (unpaired) electrons. The number of carboxylic acids is 1. The number of hydrogen-bond donors (Lipinski definition) is 4. The molecular formula is C26H31N3O3. The molecule has 0 saturated heterocycles. The van der Waals surface area contributed by atoms with Crippen LogP contribution in [0.15, 0.2) is 60.7 Å². The topological polar surface area (TPSA) is 98.2 Å². The first-order chi connectivity index (χ1) is 15.5. The van der Waals surface area contributed by atoms with Crippen molar-refractivity contribution in [2.45, 2.75) is 56.6 Å². The van der Waals surface area contributed by atoms with Crippen LogP contribution in [0.5, 0.6) is 0 Å². The number of imidazole rings is 1. The second-order valence-corrected chi connectivity index (χ2v) is 8.74. The number of nitrogens with zero attached hydrogens (tertiary/aromatic N) is 1. The zero-order chi connectivity index (χ0) is 22.6. The maximum absolute atomic E-state index is 12.0. The number of aromatic amines is 1. The van der Waals surface area contributed by atoms with Gasteiger partial charge in [-0.25, -0.2) is 9.78 Å². The Balaban J connectivity index is 1.69. The Labute approximate surface area is 188 Å². The highest BCUT2D eigenvalue weighted by Gasteiger charge is 2.53. The summed E-state index contributed by atoms with van der Waals surface area (Å²) in [6.07, 6.45) is 3.97. The normalized spacial score (nSPS) is 23.2. The summed E-state index contributed by atoms with van der Waals surface area (Å²) in [5, 5.41) is 25.2. The highest BCUT2D eigenvalue weighted by Crippen LogP contribution is 2.48. The third kappa shape index (κ3) is 4.08. The number of carbonyl (C=O) groups is 1. The second kappa shape index (κ2) is 9.27. The Hall–Kier alpha value is -2.96. The average Bonchev–Trinajstić information content (AvgIpc) is 3.27. The van der Waals surface area contributed by atoms with Gasteiger partial charge in [0, 0.05) is 18.7 Å². The SMILES string of the molecule is CCC1(c2nc(-c3ccccc3)c(C(=O)O)[nH]2)CCCCC1(O)CNCc1ccccc1. The van der Waals surface area contributed by atoms with Crippen LogP contribution in [-0.2, 0) is 12.0 Å². The van der Waals surface area contributed by atoms with Crippen LogP contribution in [0, 0.1) is 0 Å². The predicted octanol–water partition coefficient (Wildman–Crippen LogP) is 4.52. The molecule has 6 nitrogen and oxygen atoms in total. The molecule has 3 aromatic rings. The molecule has 0 amide bonds. The minimum Gasteiger partial charge on any atom is -0.477 e. The summed E-state index contributed by atoms with van der Waals surface area (Å²) in [7, 11) is 0. The lowest BCUT2D eigenvalue weighted by Gasteiger charge is -2.49. The summed E-state index contributed by atoms with van der Waals surface area (Å²) in [6.45, 7) is 3.13. The van der Waals surface area contributed by atoms with E-state index in [9.17, 15) is 15.0 Å². The van der Waals surface area contributed by atoms with Crippen LogP contribution in [0.4, 0.5) is 0 Å². The van der Waals surface area contributed by atoms with Gasteiger partial charge in [-0.05, 0) is 24.8 Å². The molecule has 0 spiro atoms. The van der Waals surface area contributed by atoms with Gasteiger partial charge in [-0.2, -0.15) is 0 Å². The van der Waals surface area contributed by atoms with Crippen LogP contribution in [0.1, 0.15) is 60.9 Å². The van der Waals surface area contributed by atoms with E-state index in [1.54, 1.807) is 0 Å². The number of aromatic nitrogens is 2. The summed E-state index contributed by atoms with van der Waals surface area (Å²) < 4.78 is 0. The van der Waals surface area contributed by atoms with Crippen molar-refractivity contribution in [2.24, 2.45) is 0 Å². The van der Waals surface area contributed by atoms with Gasteiger partial charge in [0.2, 0.25) is 0 Å². The zero-order valence-electron chi connectivity index (χ0n) is 18.5. The number of aromatic carboxylic acids is 1. The third-order valence-corrected chi connectivity index (χ3v) is 6.95. The first-order valence-corrected chi connectivity index (χ1v) is 11.4. The Morgan fingerprint density at radius 3 is 2.38 bits per heavy atom. The molecule has 1 aromatic heterocycles. The van der Waals surface area contributed by atoms with Crippen LogP contribution in [-0.4, -0.2) is 38.3 Å². The van der Waals surface area contributed by atoms with E-state index in [-0.39, 0.29) is 5.69 Å². The van der Waals surface area contributed by atoms with Gasteiger partial charge in [-0.15, -0.1) is 0 Å². The van der Waals surface area contributed by atoms with Gasteiger partial charge >= 0.3 is 5.97 Å². The van der Waals surface area contributed by atoms with E-state index in [0.29, 0.717) is 37.4 Å². The fraction of sp³-hybridized carbons (Fsp3) is 0.385. The van der Waals surface area contributed by atoms with Crippen molar-refractivity contribution in [1.29, 1.82) is 0 Å². The molecule has 168 valence electrons. The summed E-state index contributed by atoms with van der Waals surface area (Å²) >= 11 is 0. The lowest BCUT2D eigenvalue weighted by Crippen LogP contribution is -2.59. The minimum absolute atomic E-state index is 0.0733. The number of H-pyrrole nitrogens is 1. The molecule has 32 heavy (non-hydrogen) atoms. The predicted molar refractivity (Wildman–Crippen MR) is 125 cm³/mol. The van der Waals surface area contributed by atoms with Crippen molar-refractivity contribution in [1.82, 2.24) is 15.3 Å². The maximum atomic E-state index is 12.0. The van der Waals surface area contributed by atoms with E-state index < -0.39 is 17.0 Å². The van der Waals surface area contributed by atoms with E-state index >= 15 is 0 Å². The smallest absolute Gasteiger partial charge is 0.354 e. The van der Waals surface area contributed by atoms with E-state index in [1.807, 2.05) is 48.5 Å². The third-order valence-electron chi connectivity index (χ3n) is 6.95. The summed E-state index contributed by atoms with van der Waals surface area (Å²) in [4.78, 5) is 19.9. The highest BCUT2D eigenvalue weighted by atomic mass is 16.4. The van der Waals surface area contributed by atoms with Crippen LogP contribution in [0.2, 0.25) is 0 Å². The number of nitrogens with one attached hydrogen (secondary N) is 2. The van der Waals surface area contributed by atoms with Crippen LogP contribution < -0.4 is 5.32 Å². The number of benzene rings is 2. The average molecular weight is 434 g/mol. The van der Waals surface area contributed by atoms with E-state index in [0.717, 1.165) is 30.4 Å². The molecule has 2 unspecified atom stereocenters. The summed E-state index contributed by atoms with van der Waals surface area (Å²) in [5.41, 5.74) is 0.727. The highest BCUT2D eigenvalue weighted by molar-refractivity contribution is 5.93. The van der Waals surface area contributed by atoms with E-state index in [4.69, 9.17) is 4.98 Å². The van der Waals surface area contributed by atoms with Gasteiger partial charge in [-0.1, -0.05) is 80.4 Å². The number of carboxylic acid groups (broad SMARTS) is 1. The van der Waals surface area contributed by atoms with Crippen molar-refractivity contribution >= 4 is 5.97 Å². The molecule has 1 aliphatic carbocycles. The van der Waals surface area contributed by atoms with Gasteiger partial charge in [-0.3, -0.25) is 0 Å². The molecule has 0 bridgehead atoms. The number of rotatable bonds is 8. The molecule has 2 aromatic carbocycles. The molecule has 1 saturated carbocycles. The van der Waals surface area contributed by atoms with Crippen molar-refractivity contribution in [3.63, 3.8) is 0 Å². The summed E-state index contributed by atoms with van der Waals surface area (Å²) in [5.74, 6) is -0.477. The first-order valence-electron chi connectivity index (χ1n) is 11.4. The summed E-state index contributed by atoms with van der Waals surface area (Å²) in [6, 6.07) is 19.5. The van der Waals surface area contributed by atoms with Crippen LogP contribution in [0.3, 0.4) is 0 Å². The van der Waals surface area contributed by atoms with Crippen molar-refractivity contribution in [3.05, 3.63) is 77.7 Å². The standard InChI is InChI=1S/C26H31N3O3/c1-2-25(24-28-21(22(29-24)23(30)31)20-13-7-4-8-14-20)15-9-10-16-26(25,32)18-27-17-19-11-5-3-6-12-19/h3-8,11-14,27,32H,2,9-10,15-18H2,1H3,(H,28,29)(H,30,31).